The number of guanidine groups is 1. The van der Waals surface area contributed by atoms with E-state index in [1.54, 1.807) is 7.05 Å². The molecule has 3 rings (SSSR count). The monoisotopic (exact) mass is 509 g/mol. The Bertz CT molecular complexity index is 862. The first-order valence-electron chi connectivity index (χ1n) is 8.97. The molecule has 28 heavy (non-hydrogen) atoms. The van der Waals surface area contributed by atoms with Crippen molar-refractivity contribution in [2.45, 2.75) is 19.5 Å². The number of aliphatic imine (C=N–C) groups is 1. The van der Waals surface area contributed by atoms with Gasteiger partial charge in [0.15, 0.2) is 5.96 Å². The first-order chi connectivity index (χ1) is 13.2. The van der Waals surface area contributed by atoms with E-state index in [9.17, 15) is 0 Å². The molecule has 7 heteroatoms. The molecule has 0 bridgehead atoms. The Labute approximate surface area is 188 Å². The first-order valence-corrected chi connectivity index (χ1v) is 9.35. The Morgan fingerprint density at radius 3 is 2.50 bits per heavy atom. The predicted molar refractivity (Wildman–Crippen MR) is 127 cm³/mol. The van der Waals surface area contributed by atoms with Crippen LogP contribution in [-0.4, -0.2) is 29.1 Å². The summed E-state index contributed by atoms with van der Waals surface area (Å²) in [4.78, 5) is 8.74. The van der Waals surface area contributed by atoms with Crippen LogP contribution in [0, 0.1) is 0 Å². The molecule has 1 aromatic heterocycles. The number of hydrogen-bond donors (Lipinski definition) is 2. The van der Waals surface area contributed by atoms with Crippen molar-refractivity contribution >= 4 is 41.5 Å². The Balaban J connectivity index is 0.00000280. The van der Waals surface area contributed by atoms with Gasteiger partial charge in [-0.15, -0.1) is 24.0 Å². The summed E-state index contributed by atoms with van der Waals surface area (Å²) in [6, 6.07) is 18.3. The number of nitrogens with one attached hydrogen (secondary N) is 2. The molecule has 2 N–H and O–H groups in total. The summed E-state index contributed by atoms with van der Waals surface area (Å²) in [5.74, 6) is 1.73. The molecule has 0 aliphatic carbocycles. The fourth-order valence-electron chi connectivity index (χ4n) is 2.79. The quantitative estimate of drug-likeness (QED) is 0.286. The van der Waals surface area contributed by atoms with E-state index in [0.717, 1.165) is 36.3 Å². The van der Waals surface area contributed by atoms with E-state index >= 15 is 0 Å². The molecule has 1 heterocycles. The van der Waals surface area contributed by atoms with Crippen LogP contribution in [0.5, 0.6) is 0 Å². The predicted octanol–water partition coefficient (Wildman–Crippen LogP) is 4.11. The third-order valence-electron chi connectivity index (χ3n) is 4.25. The highest BCUT2D eigenvalue weighted by Crippen LogP contribution is 2.09. The molecule has 0 radical (unpaired) electrons. The van der Waals surface area contributed by atoms with Crippen LogP contribution in [0.3, 0.4) is 0 Å². The van der Waals surface area contributed by atoms with Gasteiger partial charge < -0.3 is 15.2 Å². The van der Waals surface area contributed by atoms with Crippen molar-refractivity contribution in [3.05, 3.63) is 89.0 Å². The van der Waals surface area contributed by atoms with Crippen molar-refractivity contribution < 1.29 is 0 Å². The van der Waals surface area contributed by atoms with E-state index in [0.29, 0.717) is 6.54 Å². The van der Waals surface area contributed by atoms with Crippen LogP contribution >= 0.6 is 35.6 Å². The maximum absolute atomic E-state index is 5.92. The van der Waals surface area contributed by atoms with Crippen LogP contribution < -0.4 is 10.6 Å². The highest BCUT2D eigenvalue weighted by molar-refractivity contribution is 14.0. The molecule has 148 valence electrons. The maximum atomic E-state index is 5.92. The summed E-state index contributed by atoms with van der Waals surface area (Å²) in [7, 11) is 1.77. The van der Waals surface area contributed by atoms with Gasteiger partial charge in [-0.1, -0.05) is 54.1 Å². The normalized spacial score (nSPS) is 11.0. The zero-order valence-electron chi connectivity index (χ0n) is 15.8. The second-order valence-corrected chi connectivity index (χ2v) is 6.62. The van der Waals surface area contributed by atoms with E-state index in [4.69, 9.17) is 11.6 Å². The Morgan fingerprint density at radius 1 is 1.04 bits per heavy atom. The van der Waals surface area contributed by atoms with Crippen molar-refractivity contribution in [3.8, 4) is 0 Å². The lowest BCUT2D eigenvalue weighted by Gasteiger charge is -2.13. The van der Waals surface area contributed by atoms with Gasteiger partial charge in [0, 0.05) is 37.6 Å². The highest BCUT2D eigenvalue weighted by atomic mass is 127. The number of halogens is 2. The fraction of sp³-hybridized carbons (Fsp3) is 0.238. The molecular formula is C21H25ClIN5. The third-order valence-corrected chi connectivity index (χ3v) is 4.51. The van der Waals surface area contributed by atoms with Crippen molar-refractivity contribution in [1.29, 1.82) is 0 Å². The molecule has 0 saturated carbocycles. The lowest BCUT2D eigenvalue weighted by Crippen LogP contribution is -2.38. The van der Waals surface area contributed by atoms with Crippen LogP contribution in [0.25, 0.3) is 0 Å². The molecule has 0 aliphatic rings. The summed E-state index contributed by atoms with van der Waals surface area (Å²) >= 11 is 5.92. The minimum atomic E-state index is 0. The molecule has 0 spiro atoms. The zero-order chi connectivity index (χ0) is 18.9. The number of nitrogens with zero attached hydrogens (tertiary/aromatic N) is 3. The van der Waals surface area contributed by atoms with Crippen LogP contribution in [-0.2, 0) is 19.5 Å². The van der Waals surface area contributed by atoms with E-state index < -0.39 is 0 Å². The van der Waals surface area contributed by atoms with Crippen LogP contribution in [0.2, 0.25) is 5.02 Å². The minimum absolute atomic E-state index is 0. The van der Waals surface area contributed by atoms with Gasteiger partial charge in [-0.05, 0) is 29.7 Å². The summed E-state index contributed by atoms with van der Waals surface area (Å²) in [5, 5.41) is 7.42. The summed E-state index contributed by atoms with van der Waals surface area (Å²) in [5.41, 5.74) is 2.49. The smallest absolute Gasteiger partial charge is 0.191 e. The average Bonchev–Trinajstić information content (AvgIpc) is 3.14. The minimum Gasteiger partial charge on any atom is -0.356 e. The first kappa shape index (κ1) is 22.2. The number of benzene rings is 2. The third kappa shape index (κ3) is 6.83. The van der Waals surface area contributed by atoms with E-state index in [1.165, 1.54) is 11.1 Å². The lowest BCUT2D eigenvalue weighted by atomic mass is 10.1. The Kier molecular flexibility index (Phi) is 9.30. The number of hydrogen-bond acceptors (Lipinski definition) is 2. The van der Waals surface area contributed by atoms with E-state index in [2.05, 4.69) is 49.4 Å². The van der Waals surface area contributed by atoms with Crippen molar-refractivity contribution in [2.24, 2.45) is 4.99 Å². The molecule has 0 unspecified atom stereocenters. The van der Waals surface area contributed by atoms with Gasteiger partial charge in [-0.2, -0.15) is 0 Å². The van der Waals surface area contributed by atoms with Gasteiger partial charge in [0.1, 0.15) is 5.82 Å². The van der Waals surface area contributed by atoms with Gasteiger partial charge in [-0.25, -0.2) is 4.98 Å². The van der Waals surface area contributed by atoms with Crippen LogP contribution in [0.1, 0.15) is 17.0 Å². The van der Waals surface area contributed by atoms with Crippen LogP contribution in [0.15, 0.2) is 72.0 Å². The molecule has 0 fully saturated rings. The number of imidazole rings is 1. The SMILES string of the molecule is CN=C(NCCc1ccc(Cl)cc1)NCc1nccn1Cc1ccccc1.I. The topological polar surface area (TPSA) is 54.2 Å². The lowest BCUT2D eigenvalue weighted by molar-refractivity contribution is 0.687. The van der Waals surface area contributed by atoms with E-state index in [-0.39, 0.29) is 24.0 Å². The second-order valence-electron chi connectivity index (χ2n) is 6.19. The molecule has 0 atom stereocenters. The van der Waals surface area contributed by atoms with Gasteiger partial charge in [0.25, 0.3) is 0 Å². The fourth-order valence-corrected chi connectivity index (χ4v) is 2.92. The largest absolute Gasteiger partial charge is 0.356 e. The number of rotatable bonds is 7. The van der Waals surface area contributed by atoms with Crippen molar-refractivity contribution in [3.63, 3.8) is 0 Å². The summed E-state index contributed by atoms with van der Waals surface area (Å²) in [6.07, 6.45) is 4.73. The highest BCUT2D eigenvalue weighted by Gasteiger charge is 2.05. The van der Waals surface area contributed by atoms with Crippen LogP contribution in [0.4, 0.5) is 0 Å². The molecule has 2 aromatic carbocycles. The number of aromatic nitrogens is 2. The molecular weight excluding hydrogens is 485 g/mol. The summed E-state index contributed by atoms with van der Waals surface area (Å²) < 4.78 is 2.14. The van der Waals surface area contributed by atoms with Gasteiger partial charge in [0.2, 0.25) is 0 Å². The van der Waals surface area contributed by atoms with Gasteiger partial charge in [-0.3, -0.25) is 4.99 Å². The molecule has 5 nitrogen and oxygen atoms in total. The van der Waals surface area contributed by atoms with Gasteiger partial charge in [0.05, 0.1) is 6.54 Å². The molecule has 0 aliphatic heterocycles. The molecule has 0 saturated heterocycles. The standard InChI is InChI=1S/C21H24ClN5.HI/c1-23-21(25-12-11-17-7-9-19(22)10-8-17)26-15-20-24-13-14-27(20)16-18-5-3-2-4-6-18;/h2-10,13-14H,11-12,15-16H2,1H3,(H2,23,25,26);1H. The van der Waals surface area contributed by atoms with E-state index in [1.807, 2.05) is 42.7 Å². The maximum Gasteiger partial charge on any atom is 0.191 e. The average molecular weight is 510 g/mol. The van der Waals surface area contributed by atoms with Crippen molar-refractivity contribution in [1.82, 2.24) is 20.2 Å². The van der Waals surface area contributed by atoms with Crippen molar-refractivity contribution in [2.75, 3.05) is 13.6 Å². The van der Waals surface area contributed by atoms with Gasteiger partial charge >= 0.3 is 0 Å². The summed E-state index contributed by atoms with van der Waals surface area (Å²) in [6.45, 7) is 2.21. The zero-order valence-corrected chi connectivity index (χ0v) is 18.9. The Morgan fingerprint density at radius 2 is 1.79 bits per heavy atom. The second kappa shape index (κ2) is 11.7. The molecule has 3 aromatic rings. The Hall–Kier alpha value is -2.06. The molecule has 0 amide bonds.